The molecule has 0 atom stereocenters. The van der Waals surface area contributed by atoms with E-state index < -0.39 is 6.03 Å². The average molecular weight is 158 g/mol. The second-order valence-electron chi connectivity index (χ2n) is 1.52. The fraction of sp³-hybridized carbons (Fsp3) is 0.286. The molecule has 0 aliphatic heterocycles. The van der Waals surface area contributed by atoms with Gasteiger partial charge in [0.25, 0.3) is 0 Å². The van der Waals surface area contributed by atoms with Crippen molar-refractivity contribution in [2.24, 2.45) is 11.5 Å². The van der Waals surface area contributed by atoms with Crippen LogP contribution in [-0.4, -0.2) is 19.2 Å². The van der Waals surface area contributed by atoms with E-state index in [4.69, 9.17) is 9.53 Å². The van der Waals surface area contributed by atoms with Crippen LogP contribution in [-0.2, 0) is 4.74 Å². The maximum absolute atomic E-state index is 9.00. The molecule has 0 heterocycles. The molecule has 4 nitrogen and oxygen atoms in total. The maximum Gasteiger partial charge on any atom is 0.309 e. The molecule has 0 bridgehead atoms. The van der Waals surface area contributed by atoms with Crippen LogP contribution in [0.3, 0.4) is 0 Å². The minimum Gasteiger partial charge on any atom is -0.373 e. The third-order valence-corrected chi connectivity index (χ3v) is 0.471. The molecule has 2 amide bonds. The summed E-state index contributed by atoms with van der Waals surface area (Å²) in [6, 6.07) is -0.833. The molecule has 0 aromatic carbocycles. The summed E-state index contributed by atoms with van der Waals surface area (Å²) in [5.74, 6) is 0. The highest BCUT2D eigenvalue weighted by Crippen LogP contribution is 1.72. The van der Waals surface area contributed by atoms with Gasteiger partial charge in [0.05, 0.1) is 13.2 Å². The second-order valence-corrected chi connectivity index (χ2v) is 1.52. The molecular formula is C7H14N2O2. The molecule has 0 aliphatic rings. The van der Waals surface area contributed by atoms with Crippen molar-refractivity contribution in [1.82, 2.24) is 0 Å². The highest BCUT2D eigenvalue weighted by atomic mass is 16.5. The van der Waals surface area contributed by atoms with Gasteiger partial charge in [-0.1, -0.05) is 12.2 Å². The van der Waals surface area contributed by atoms with Crippen LogP contribution in [0.2, 0.25) is 0 Å². The third kappa shape index (κ3) is 53.4. The van der Waals surface area contributed by atoms with Crippen LogP contribution in [0.4, 0.5) is 4.79 Å². The predicted octanol–water partition coefficient (Wildman–Crippen LogP) is 0.399. The van der Waals surface area contributed by atoms with E-state index >= 15 is 0 Å². The Morgan fingerprint density at radius 1 is 1.27 bits per heavy atom. The van der Waals surface area contributed by atoms with Gasteiger partial charge < -0.3 is 16.2 Å². The first kappa shape index (κ1) is 12.4. The van der Waals surface area contributed by atoms with Gasteiger partial charge >= 0.3 is 6.03 Å². The molecule has 0 unspecified atom stereocenters. The number of carbonyl (C=O) groups is 1. The fourth-order valence-corrected chi connectivity index (χ4v) is 0.235. The molecular weight excluding hydrogens is 144 g/mol. The van der Waals surface area contributed by atoms with Gasteiger partial charge in [-0.3, -0.25) is 0 Å². The molecule has 0 fully saturated rings. The molecule has 0 rings (SSSR count). The SMILES string of the molecule is C=CCOCC=C.NC(N)=O. The summed E-state index contributed by atoms with van der Waals surface area (Å²) < 4.78 is 4.90. The monoisotopic (exact) mass is 158 g/mol. The third-order valence-electron chi connectivity index (χ3n) is 0.471. The fourth-order valence-electron chi connectivity index (χ4n) is 0.235. The van der Waals surface area contributed by atoms with Crippen LogP contribution >= 0.6 is 0 Å². The van der Waals surface area contributed by atoms with Crippen molar-refractivity contribution in [3.63, 3.8) is 0 Å². The number of carbonyl (C=O) groups excluding carboxylic acids is 1. The second kappa shape index (κ2) is 11.5. The van der Waals surface area contributed by atoms with E-state index in [0.29, 0.717) is 13.2 Å². The summed E-state index contributed by atoms with van der Waals surface area (Å²) in [7, 11) is 0. The van der Waals surface area contributed by atoms with Crippen LogP contribution in [0, 0.1) is 0 Å². The molecule has 64 valence electrons. The Morgan fingerprint density at radius 2 is 1.55 bits per heavy atom. The van der Waals surface area contributed by atoms with Gasteiger partial charge in [-0.25, -0.2) is 4.79 Å². The molecule has 11 heavy (non-hydrogen) atoms. The Labute approximate surface area is 66.5 Å². The molecule has 4 N–H and O–H groups in total. The number of rotatable bonds is 4. The number of hydrogen-bond acceptors (Lipinski definition) is 2. The minimum atomic E-state index is -0.833. The Morgan fingerprint density at radius 3 is 1.73 bits per heavy atom. The van der Waals surface area contributed by atoms with E-state index in [1.807, 2.05) is 0 Å². The summed E-state index contributed by atoms with van der Waals surface area (Å²) in [5.41, 5.74) is 8.50. The standard InChI is InChI=1S/C6H10O.CH4N2O/c1-3-5-7-6-4-2;2-1(3)4/h3-4H,1-2,5-6H2;(H4,2,3,4). The van der Waals surface area contributed by atoms with Crippen LogP contribution in [0.5, 0.6) is 0 Å². The van der Waals surface area contributed by atoms with Gasteiger partial charge in [-0.05, 0) is 0 Å². The van der Waals surface area contributed by atoms with Crippen LogP contribution in [0.1, 0.15) is 0 Å². The van der Waals surface area contributed by atoms with E-state index in [-0.39, 0.29) is 0 Å². The first-order valence-corrected chi connectivity index (χ1v) is 2.99. The molecule has 0 saturated carbocycles. The highest BCUT2D eigenvalue weighted by molar-refractivity contribution is 5.69. The van der Waals surface area contributed by atoms with Gasteiger partial charge in [-0.2, -0.15) is 0 Å². The molecule has 0 aliphatic carbocycles. The summed E-state index contributed by atoms with van der Waals surface area (Å²) >= 11 is 0. The smallest absolute Gasteiger partial charge is 0.309 e. The Kier molecular flexibility index (Phi) is 13.0. The van der Waals surface area contributed by atoms with Crippen molar-refractivity contribution in [3.8, 4) is 0 Å². The van der Waals surface area contributed by atoms with Crippen LogP contribution in [0.25, 0.3) is 0 Å². The predicted molar refractivity (Wildman–Crippen MR) is 45.0 cm³/mol. The van der Waals surface area contributed by atoms with Gasteiger partial charge in [0, 0.05) is 0 Å². The lowest BCUT2D eigenvalue weighted by atomic mass is 10.6. The number of urea groups is 1. The molecule has 0 spiro atoms. The van der Waals surface area contributed by atoms with Crippen molar-refractivity contribution < 1.29 is 9.53 Å². The van der Waals surface area contributed by atoms with Gasteiger partial charge in [0.1, 0.15) is 0 Å². The van der Waals surface area contributed by atoms with E-state index in [0.717, 1.165) is 0 Å². The summed E-state index contributed by atoms with van der Waals surface area (Å²) in [6.45, 7) is 8.18. The largest absolute Gasteiger partial charge is 0.373 e. The topological polar surface area (TPSA) is 78.3 Å². The first-order chi connectivity index (χ1) is 5.15. The van der Waals surface area contributed by atoms with Gasteiger partial charge in [0.2, 0.25) is 0 Å². The summed E-state index contributed by atoms with van der Waals surface area (Å²) in [5, 5.41) is 0. The molecule has 4 heteroatoms. The maximum atomic E-state index is 9.00. The van der Waals surface area contributed by atoms with Crippen molar-refractivity contribution >= 4 is 6.03 Å². The molecule has 0 aromatic heterocycles. The van der Waals surface area contributed by atoms with E-state index in [1.165, 1.54) is 0 Å². The number of primary amides is 2. The number of amides is 2. The van der Waals surface area contributed by atoms with Crippen molar-refractivity contribution in [3.05, 3.63) is 25.3 Å². The normalized spacial score (nSPS) is 7.27. The number of ether oxygens (including phenoxy) is 1. The van der Waals surface area contributed by atoms with Gasteiger partial charge in [0.15, 0.2) is 0 Å². The van der Waals surface area contributed by atoms with Crippen molar-refractivity contribution in [2.75, 3.05) is 13.2 Å². The zero-order chi connectivity index (χ0) is 9.11. The number of nitrogens with two attached hydrogens (primary N) is 2. The lowest BCUT2D eigenvalue weighted by Gasteiger charge is -1.89. The average Bonchev–Trinajstić information content (AvgIpc) is 1.88. The zero-order valence-corrected chi connectivity index (χ0v) is 6.45. The number of hydrogen-bond donors (Lipinski definition) is 2. The van der Waals surface area contributed by atoms with Crippen molar-refractivity contribution in [2.45, 2.75) is 0 Å². The highest BCUT2D eigenvalue weighted by Gasteiger charge is 1.70. The first-order valence-electron chi connectivity index (χ1n) is 2.99. The van der Waals surface area contributed by atoms with E-state index in [1.54, 1.807) is 12.2 Å². The van der Waals surface area contributed by atoms with E-state index in [9.17, 15) is 0 Å². The summed E-state index contributed by atoms with van der Waals surface area (Å²) in [6.07, 6.45) is 3.42. The molecule has 0 aromatic rings. The van der Waals surface area contributed by atoms with E-state index in [2.05, 4.69) is 24.6 Å². The van der Waals surface area contributed by atoms with Gasteiger partial charge in [-0.15, -0.1) is 13.2 Å². The molecule has 0 saturated heterocycles. The quantitative estimate of drug-likeness (QED) is 0.458. The van der Waals surface area contributed by atoms with Crippen LogP contribution in [0.15, 0.2) is 25.3 Å². The molecule has 0 radical (unpaired) electrons. The van der Waals surface area contributed by atoms with Crippen LogP contribution < -0.4 is 11.5 Å². The lowest BCUT2D eigenvalue weighted by Crippen LogP contribution is -2.18. The lowest BCUT2D eigenvalue weighted by molar-refractivity contribution is 0.194. The summed E-state index contributed by atoms with van der Waals surface area (Å²) in [4.78, 5) is 9.00. The zero-order valence-electron chi connectivity index (χ0n) is 6.45. The Balaban J connectivity index is 0. The minimum absolute atomic E-state index is 0.617. The Bertz CT molecular complexity index is 112. The van der Waals surface area contributed by atoms with Crippen molar-refractivity contribution in [1.29, 1.82) is 0 Å². The Hall–Kier alpha value is -1.29.